The first-order chi connectivity index (χ1) is 8.40. The fraction of sp³-hybridized carbons (Fsp3) is 0.417. The van der Waals surface area contributed by atoms with Gasteiger partial charge in [-0.25, -0.2) is 0 Å². The summed E-state index contributed by atoms with van der Waals surface area (Å²) in [7, 11) is 0. The number of aryl methyl sites for hydroxylation is 1. The van der Waals surface area contributed by atoms with Crippen LogP contribution in [0.2, 0.25) is 0 Å². The molecule has 0 aliphatic carbocycles. The molecule has 0 unspecified atom stereocenters. The molecule has 0 saturated carbocycles. The molecule has 1 N–H and O–H groups in total. The van der Waals surface area contributed by atoms with Gasteiger partial charge >= 0.3 is 6.18 Å². The zero-order valence-electron chi connectivity index (χ0n) is 9.56. The summed E-state index contributed by atoms with van der Waals surface area (Å²) in [6.07, 6.45) is -4.19. The first kappa shape index (κ1) is 15.0. The molecule has 0 fully saturated rings. The van der Waals surface area contributed by atoms with E-state index >= 15 is 0 Å². The van der Waals surface area contributed by atoms with E-state index in [4.69, 9.17) is 0 Å². The number of hydrogen-bond acceptors (Lipinski definition) is 1. The van der Waals surface area contributed by atoms with Gasteiger partial charge < -0.3 is 5.32 Å². The summed E-state index contributed by atoms with van der Waals surface area (Å²) in [6, 6.07) is 6.86. The summed E-state index contributed by atoms with van der Waals surface area (Å²) in [4.78, 5) is 11.1. The number of alkyl halides is 4. The predicted octanol–water partition coefficient (Wildman–Crippen LogP) is 3.91. The van der Waals surface area contributed by atoms with E-state index in [-0.39, 0.29) is 0 Å². The molecule has 2 nitrogen and oxygen atoms in total. The van der Waals surface area contributed by atoms with E-state index in [0.29, 0.717) is 5.69 Å². The van der Waals surface area contributed by atoms with Crippen molar-refractivity contribution in [3.05, 3.63) is 29.8 Å². The van der Waals surface area contributed by atoms with Crippen molar-refractivity contribution in [2.24, 2.45) is 0 Å². The second-order valence-corrected chi connectivity index (χ2v) is 4.63. The molecule has 100 valence electrons. The Balaban J connectivity index is 2.59. The molecule has 1 amide bonds. The van der Waals surface area contributed by atoms with Crippen LogP contribution in [0.1, 0.15) is 18.4 Å². The highest BCUT2D eigenvalue weighted by Gasteiger charge is 2.31. The number of rotatable bonds is 5. The largest absolute Gasteiger partial charge is 0.397 e. The quantitative estimate of drug-likeness (QED) is 0.818. The molecule has 0 bridgehead atoms. The van der Waals surface area contributed by atoms with E-state index in [2.05, 4.69) is 21.2 Å². The van der Waals surface area contributed by atoms with Crippen molar-refractivity contribution < 1.29 is 18.0 Å². The van der Waals surface area contributed by atoms with E-state index in [1.54, 1.807) is 18.2 Å². The molecular formula is C12H13BrF3NO. The lowest BCUT2D eigenvalue weighted by Crippen LogP contribution is -2.21. The van der Waals surface area contributed by atoms with E-state index in [1.807, 2.05) is 6.07 Å². The van der Waals surface area contributed by atoms with Crippen LogP contribution in [-0.4, -0.2) is 17.4 Å². The van der Waals surface area contributed by atoms with Crippen molar-refractivity contribution in [3.8, 4) is 0 Å². The smallest absolute Gasteiger partial charge is 0.326 e. The Hall–Kier alpha value is -1.04. The SMILES string of the molecule is O=C(CC(F)(F)F)Nc1cccc(CCCBr)c1. The Morgan fingerprint density at radius 1 is 1.33 bits per heavy atom. The maximum absolute atomic E-state index is 12.0. The molecule has 1 rings (SSSR count). The van der Waals surface area contributed by atoms with Gasteiger partial charge in [-0.2, -0.15) is 13.2 Å². The van der Waals surface area contributed by atoms with Crippen LogP contribution in [0.15, 0.2) is 24.3 Å². The van der Waals surface area contributed by atoms with Crippen LogP contribution >= 0.6 is 15.9 Å². The van der Waals surface area contributed by atoms with Gasteiger partial charge in [-0.3, -0.25) is 4.79 Å². The first-order valence-corrected chi connectivity index (χ1v) is 6.54. The van der Waals surface area contributed by atoms with Crippen molar-refractivity contribution >= 4 is 27.5 Å². The highest BCUT2D eigenvalue weighted by molar-refractivity contribution is 9.09. The third-order valence-electron chi connectivity index (χ3n) is 2.17. The number of amides is 1. The number of carbonyl (C=O) groups excluding carboxylic acids is 1. The minimum absolute atomic E-state index is 0.399. The van der Waals surface area contributed by atoms with Crippen LogP contribution in [0.3, 0.4) is 0 Å². The highest BCUT2D eigenvalue weighted by Crippen LogP contribution is 2.20. The Morgan fingerprint density at radius 2 is 2.06 bits per heavy atom. The van der Waals surface area contributed by atoms with Crippen LogP contribution in [-0.2, 0) is 11.2 Å². The van der Waals surface area contributed by atoms with Gasteiger partial charge in [0.15, 0.2) is 0 Å². The van der Waals surface area contributed by atoms with Gasteiger partial charge in [0.05, 0.1) is 0 Å². The molecule has 0 aliphatic heterocycles. The normalized spacial score (nSPS) is 11.3. The van der Waals surface area contributed by atoms with Crippen LogP contribution in [0.25, 0.3) is 0 Å². The second kappa shape index (κ2) is 6.78. The lowest BCUT2D eigenvalue weighted by atomic mass is 10.1. The van der Waals surface area contributed by atoms with Crippen molar-refractivity contribution in [1.82, 2.24) is 0 Å². The number of nitrogens with one attached hydrogen (secondary N) is 1. The summed E-state index contributed by atoms with van der Waals surface area (Å²) in [5, 5.41) is 3.10. The number of halogens is 4. The average Bonchev–Trinajstić information content (AvgIpc) is 2.24. The number of benzene rings is 1. The standard InChI is InChI=1S/C12H13BrF3NO/c13-6-2-4-9-3-1-5-10(7-9)17-11(18)8-12(14,15)16/h1,3,5,7H,2,4,6,8H2,(H,17,18). The Bertz CT molecular complexity index is 407. The summed E-state index contributed by atoms with van der Waals surface area (Å²) >= 11 is 3.30. The third-order valence-corrected chi connectivity index (χ3v) is 2.73. The van der Waals surface area contributed by atoms with E-state index in [0.717, 1.165) is 23.7 Å². The van der Waals surface area contributed by atoms with Gasteiger partial charge in [-0.05, 0) is 30.5 Å². The maximum atomic E-state index is 12.0. The maximum Gasteiger partial charge on any atom is 0.397 e. The molecule has 0 saturated heterocycles. The molecule has 1 aromatic carbocycles. The van der Waals surface area contributed by atoms with Crippen molar-refractivity contribution in [1.29, 1.82) is 0 Å². The molecule has 0 aromatic heterocycles. The van der Waals surface area contributed by atoms with Crippen molar-refractivity contribution in [2.45, 2.75) is 25.4 Å². The lowest BCUT2D eigenvalue weighted by Gasteiger charge is -2.09. The Kier molecular flexibility index (Phi) is 5.65. The molecule has 0 spiro atoms. The Labute approximate surface area is 112 Å². The molecule has 0 heterocycles. The summed E-state index contributed by atoms with van der Waals surface area (Å²) in [6.45, 7) is 0. The van der Waals surface area contributed by atoms with E-state index in [9.17, 15) is 18.0 Å². The minimum atomic E-state index is -4.47. The van der Waals surface area contributed by atoms with Crippen LogP contribution in [0, 0.1) is 0 Å². The zero-order valence-corrected chi connectivity index (χ0v) is 11.1. The van der Waals surface area contributed by atoms with Crippen molar-refractivity contribution in [3.63, 3.8) is 0 Å². The number of carbonyl (C=O) groups is 1. The summed E-state index contributed by atoms with van der Waals surface area (Å²) < 4.78 is 36.0. The number of hydrogen-bond donors (Lipinski definition) is 1. The molecule has 0 aliphatic rings. The molecule has 18 heavy (non-hydrogen) atoms. The lowest BCUT2D eigenvalue weighted by molar-refractivity contribution is -0.150. The Morgan fingerprint density at radius 3 is 2.67 bits per heavy atom. The summed E-state index contributed by atoms with van der Waals surface area (Å²) in [5.74, 6) is -1.04. The van der Waals surface area contributed by atoms with Gasteiger partial charge in [0.1, 0.15) is 6.42 Å². The average molecular weight is 324 g/mol. The van der Waals surface area contributed by atoms with Crippen LogP contribution in [0.4, 0.5) is 18.9 Å². The number of anilines is 1. The molecule has 0 radical (unpaired) electrons. The van der Waals surface area contributed by atoms with Crippen LogP contribution < -0.4 is 5.32 Å². The van der Waals surface area contributed by atoms with Gasteiger partial charge in [-0.15, -0.1) is 0 Å². The monoisotopic (exact) mass is 323 g/mol. The van der Waals surface area contributed by atoms with E-state index < -0.39 is 18.5 Å². The van der Waals surface area contributed by atoms with Gasteiger partial charge in [-0.1, -0.05) is 28.1 Å². The van der Waals surface area contributed by atoms with Gasteiger partial charge in [0.2, 0.25) is 5.91 Å². The molecule has 6 heteroatoms. The third kappa shape index (κ3) is 6.05. The topological polar surface area (TPSA) is 29.1 Å². The summed E-state index contributed by atoms with van der Waals surface area (Å²) in [5.41, 5.74) is 1.38. The van der Waals surface area contributed by atoms with Gasteiger partial charge in [0, 0.05) is 11.0 Å². The molecule has 1 aromatic rings. The van der Waals surface area contributed by atoms with E-state index in [1.165, 1.54) is 0 Å². The molecule has 0 atom stereocenters. The fourth-order valence-electron chi connectivity index (χ4n) is 1.46. The fourth-order valence-corrected chi connectivity index (χ4v) is 1.74. The van der Waals surface area contributed by atoms with Gasteiger partial charge in [0.25, 0.3) is 0 Å². The first-order valence-electron chi connectivity index (χ1n) is 5.42. The van der Waals surface area contributed by atoms with Crippen LogP contribution in [0.5, 0.6) is 0 Å². The predicted molar refractivity (Wildman–Crippen MR) is 67.9 cm³/mol. The molecular weight excluding hydrogens is 311 g/mol. The highest BCUT2D eigenvalue weighted by atomic mass is 79.9. The zero-order chi connectivity index (χ0) is 13.6. The minimum Gasteiger partial charge on any atom is -0.326 e. The van der Waals surface area contributed by atoms with Crippen molar-refractivity contribution in [2.75, 3.05) is 10.6 Å². The second-order valence-electron chi connectivity index (χ2n) is 3.83.